The first-order chi connectivity index (χ1) is 15.8. The molecule has 34 heavy (non-hydrogen) atoms. The normalized spacial score (nSPS) is 36.3. The Morgan fingerprint density at radius 1 is 1.21 bits per heavy atom. The molecule has 7 atom stereocenters. The van der Waals surface area contributed by atoms with Crippen LogP contribution in [0.2, 0.25) is 0 Å². The minimum atomic E-state index is -0.843. The highest BCUT2D eigenvalue weighted by Crippen LogP contribution is 2.67. The second kappa shape index (κ2) is 9.87. The van der Waals surface area contributed by atoms with Crippen LogP contribution >= 0.6 is 0 Å². The molecule has 0 heterocycles. The van der Waals surface area contributed by atoms with Crippen LogP contribution in [0.4, 0.5) is 0 Å². The lowest BCUT2D eigenvalue weighted by molar-refractivity contribution is -0.138. The SMILES string of the molecule is C=C1[C@H]([C@H](C)CC/C=C(\C)C(=O)O)CC[C@@]2(C)[C@@H]1C=C1[C@H]2CC[C@@H](C(=C)C)[C@@]1(C)CCC(=O)O. The van der Waals surface area contributed by atoms with Crippen molar-refractivity contribution in [1.82, 2.24) is 0 Å². The van der Waals surface area contributed by atoms with Gasteiger partial charge in [0.15, 0.2) is 0 Å². The van der Waals surface area contributed by atoms with E-state index in [1.54, 1.807) is 6.92 Å². The van der Waals surface area contributed by atoms with Gasteiger partial charge in [0.1, 0.15) is 0 Å². The van der Waals surface area contributed by atoms with Crippen LogP contribution in [-0.4, -0.2) is 22.2 Å². The summed E-state index contributed by atoms with van der Waals surface area (Å²) in [5, 5.41) is 18.6. The van der Waals surface area contributed by atoms with Crippen LogP contribution in [0.5, 0.6) is 0 Å². The topological polar surface area (TPSA) is 74.6 Å². The molecule has 2 fully saturated rings. The van der Waals surface area contributed by atoms with E-state index >= 15 is 0 Å². The second-order valence-corrected chi connectivity index (χ2v) is 11.9. The van der Waals surface area contributed by atoms with Crippen molar-refractivity contribution in [1.29, 1.82) is 0 Å². The molecule has 2 N–H and O–H groups in total. The molecule has 3 aliphatic carbocycles. The van der Waals surface area contributed by atoms with Crippen molar-refractivity contribution < 1.29 is 19.8 Å². The standard InChI is InChI=1S/C30H44O4/c1-18(2)23-11-12-24-26(29(23,6)16-14-27(31)32)17-25-21(5)22(13-15-30(24,25)7)19(3)9-8-10-20(4)28(33)34/h10,17,19,22-25H,1,5,8-9,11-16H2,2-4,6-7H3,(H,31,32)(H,33,34)/b20-10+/t19-,22+,23+,24-,25-,29-,30-/m1/s1. The molecule has 4 heteroatoms. The molecule has 2 saturated carbocycles. The summed E-state index contributed by atoms with van der Waals surface area (Å²) in [4.78, 5) is 22.6. The van der Waals surface area contributed by atoms with Gasteiger partial charge in [-0.3, -0.25) is 4.79 Å². The molecule has 3 rings (SSSR count). The van der Waals surface area contributed by atoms with E-state index in [1.807, 2.05) is 6.08 Å². The fourth-order valence-electron chi connectivity index (χ4n) is 7.70. The quantitative estimate of drug-likeness (QED) is 0.272. The van der Waals surface area contributed by atoms with Crippen LogP contribution in [-0.2, 0) is 9.59 Å². The zero-order valence-electron chi connectivity index (χ0n) is 21.8. The highest BCUT2D eigenvalue weighted by molar-refractivity contribution is 5.85. The van der Waals surface area contributed by atoms with E-state index in [9.17, 15) is 14.7 Å². The summed E-state index contributed by atoms with van der Waals surface area (Å²) in [6.07, 6.45) is 11.4. The van der Waals surface area contributed by atoms with E-state index in [4.69, 9.17) is 5.11 Å². The number of fused-ring (bicyclic) bond motifs is 3. The van der Waals surface area contributed by atoms with Crippen LogP contribution in [0.15, 0.2) is 47.6 Å². The van der Waals surface area contributed by atoms with E-state index in [2.05, 4.69) is 46.9 Å². The summed E-state index contributed by atoms with van der Waals surface area (Å²) in [6.45, 7) is 19.7. The number of hydrogen-bond acceptors (Lipinski definition) is 2. The highest BCUT2D eigenvalue weighted by Gasteiger charge is 2.58. The molecule has 188 valence electrons. The summed E-state index contributed by atoms with van der Waals surface area (Å²) in [5.74, 6) is 0.471. The van der Waals surface area contributed by atoms with Crippen LogP contribution in [0.25, 0.3) is 0 Å². The maximum atomic E-state index is 11.5. The third-order valence-corrected chi connectivity index (χ3v) is 9.82. The highest BCUT2D eigenvalue weighted by atomic mass is 16.4. The molecule has 0 aromatic carbocycles. The van der Waals surface area contributed by atoms with E-state index < -0.39 is 11.9 Å². The van der Waals surface area contributed by atoms with Gasteiger partial charge in [-0.05, 0) is 93.3 Å². The predicted octanol–water partition coefficient (Wildman–Crippen LogP) is 7.44. The maximum absolute atomic E-state index is 11.5. The zero-order chi connectivity index (χ0) is 25.4. The van der Waals surface area contributed by atoms with Gasteiger partial charge in [-0.25, -0.2) is 4.79 Å². The van der Waals surface area contributed by atoms with Gasteiger partial charge in [-0.1, -0.05) is 62.8 Å². The Kier molecular flexibility index (Phi) is 7.70. The van der Waals surface area contributed by atoms with Gasteiger partial charge in [0, 0.05) is 17.9 Å². The molecular formula is C30H44O4. The Morgan fingerprint density at radius 2 is 1.88 bits per heavy atom. The summed E-state index contributed by atoms with van der Waals surface area (Å²) < 4.78 is 0. The zero-order valence-corrected chi connectivity index (χ0v) is 21.8. The summed E-state index contributed by atoms with van der Waals surface area (Å²) in [7, 11) is 0. The van der Waals surface area contributed by atoms with E-state index in [-0.39, 0.29) is 17.3 Å². The minimum Gasteiger partial charge on any atom is -0.481 e. The van der Waals surface area contributed by atoms with Gasteiger partial charge in [0.25, 0.3) is 0 Å². The monoisotopic (exact) mass is 468 g/mol. The molecule has 0 saturated heterocycles. The second-order valence-electron chi connectivity index (χ2n) is 11.9. The maximum Gasteiger partial charge on any atom is 0.330 e. The summed E-state index contributed by atoms with van der Waals surface area (Å²) >= 11 is 0. The van der Waals surface area contributed by atoms with Gasteiger partial charge < -0.3 is 10.2 Å². The first-order valence-corrected chi connectivity index (χ1v) is 13.0. The largest absolute Gasteiger partial charge is 0.481 e. The molecule has 0 aromatic heterocycles. The van der Waals surface area contributed by atoms with Crippen LogP contribution in [0, 0.1) is 40.4 Å². The fourth-order valence-corrected chi connectivity index (χ4v) is 7.70. The van der Waals surface area contributed by atoms with Crippen molar-refractivity contribution in [3.05, 3.63) is 47.6 Å². The van der Waals surface area contributed by atoms with Gasteiger partial charge in [0.2, 0.25) is 0 Å². The van der Waals surface area contributed by atoms with Crippen molar-refractivity contribution in [2.45, 2.75) is 86.0 Å². The van der Waals surface area contributed by atoms with Crippen LogP contribution in [0.1, 0.15) is 86.0 Å². The molecular weight excluding hydrogens is 424 g/mol. The number of hydrogen-bond donors (Lipinski definition) is 2. The lowest BCUT2D eigenvalue weighted by atomic mass is 9.52. The van der Waals surface area contributed by atoms with Gasteiger partial charge in [-0.2, -0.15) is 0 Å². The molecule has 0 bridgehead atoms. The smallest absolute Gasteiger partial charge is 0.330 e. The number of carboxylic acid groups (broad SMARTS) is 2. The van der Waals surface area contributed by atoms with Crippen LogP contribution < -0.4 is 0 Å². The van der Waals surface area contributed by atoms with Crippen molar-refractivity contribution in [3.8, 4) is 0 Å². The summed E-state index contributed by atoms with van der Waals surface area (Å²) in [5.41, 5.74) is 4.38. The fraction of sp³-hybridized carbons (Fsp3) is 0.667. The number of carbonyl (C=O) groups is 2. The molecule has 0 radical (unpaired) electrons. The van der Waals surface area contributed by atoms with Crippen molar-refractivity contribution >= 4 is 11.9 Å². The van der Waals surface area contributed by atoms with Gasteiger partial charge in [0.05, 0.1) is 0 Å². The number of allylic oxidation sites excluding steroid dienone is 5. The molecule has 0 spiro atoms. The molecule has 3 aliphatic rings. The third kappa shape index (κ3) is 4.70. The lowest BCUT2D eigenvalue weighted by Crippen LogP contribution is -2.44. The van der Waals surface area contributed by atoms with Gasteiger partial charge >= 0.3 is 11.9 Å². The van der Waals surface area contributed by atoms with Crippen molar-refractivity contribution in [2.24, 2.45) is 40.4 Å². The Hall–Kier alpha value is -2.10. The number of rotatable bonds is 9. The Labute approximate surface area is 205 Å². The average Bonchev–Trinajstić information content (AvgIpc) is 3.07. The lowest BCUT2D eigenvalue weighted by Gasteiger charge is -2.52. The summed E-state index contributed by atoms with van der Waals surface area (Å²) in [6, 6.07) is 0. The third-order valence-electron chi connectivity index (χ3n) is 9.82. The Morgan fingerprint density at radius 3 is 2.47 bits per heavy atom. The molecule has 4 nitrogen and oxygen atoms in total. The molecule has 0 aromatic rings. The molecule has 0 amide bonds. The van der Waals surface area contributed by atoms with Gasteiger partial charge in [-0.15, -0.1) is 0 Å². The number of carboxylic acids is 2. The van der Waals surface area contributed by atoms with E-state index in [0.29, 0.717) is 41.6 Å². The number of aliphatic carboxylic acids is 2. The average molecular weight is 469 g/mol. The van der Waals surface area contributed by atoms with Crippen molar-refractivity contribution in [2.75, 3.05) is 0 Å². The van der Waals surface area contributed by atoms with E-state index in [1.165, 1.54) is 16.7 Å². The van der Waals surface area contributed by atoms with Crippen molar-refractivity contribution in [3.63, 3.8) is 0 Å². The van der Waals surface area contributed by atoms with Crippen LogP contribution in [0.3, 0.4) is 0 Å². The first-order valence-electron chi connectivity index (χ1n) is 13.0. The Bertz CT molecular complexity index is 924. The molecule has 0 unspecified atom stereocenters. The minimum absolute atomic E-state index is 0.159. The first kappa shape index (κ1) is 26.5. The predicted molar refractivity (Wildman–Crippen MR) is 137 cm³/mol. The Balaban J connectivity index is 1.85. The molecule has 0 aliphatic heterocycles. The van der Waals surface area contributed by atoms with E-state index in [0.717, 1.165) is 38.5 Å².